The minimum atomic E-state index is 0.503. The lowest BCUT2D eigenvalue weighted by molar-refractivity contribution is 1.07. The fourth-order valence-corrected chi connectivity index (χ4v) is 7.94. The highest BCUT2D eigenvalue weighted by molar-refractivity contribution is 6.01. The summed E-state index contributed by atoms with van der Waals surface area (Å²) in [5, 5.41) is 0. The first kappa shape index (κ1) is 30.7. The number of rotatable bonds is 4. The van der Waals surface area contributed by atoms with Gasteiger partial charge in [-0.2, -0.15) is 0 Å². The SMILES string of the molecule is Cc1cc(C)c(-c2c3nc(c4ccc([nH]4)c(-c4c(C)cc(C)cc4C)c4ccc([nH]4)c(-c4ccc(CN)cc4)c4ccc2[nH]4)C=C3)c(C)c1. The number of H-pyrrole nitrogens is 3. The number of hydrogen-bond acceptors (Lipinski definition) is 2. The van der Waals surface area contributed by atoms with Crippen LogP contribution in [0.25, 0.3) is 78.6 Å². The number of aryl methyl sites for hydroxylation is 6. The molecule has 1 aliphatic heterocycles. The van der Waals surface area contributed by atoms with E-state index in [1.165, 1.54) is 44.5 Å². The monoisotopic (exact) mass is 639 g/mol. The molecule has 0 atom stereocenters. The summed E-state index contributed by atoms with van der Waals surface area (Å²) in [5.41, 5.74) is 29.4. The number of nitrogens with two attached hydrogens (primary N) is 1. The van der Waals surface area contributed by atoms with Gasteiger partial charge in [-0.3, -0.25) is 0 Å². The van der Waals surface area contributed by atoms with Gasteiger partial charge < -0.3 is 20.7 Å². The number of nitrogens with zero attached hydrogens (tertiary/aromatic N) is 1. The third kappa shape index (κ3) is 5.27. The second kappa shape index (κ2) is 11.8. The second-order valence-corrected chi connectivity index (χ2v) is 13.6. The summed E-state index contributed by atoms with van der Waals surface area (Å²) in [6.07, 6.45) is 4.28. The van der Waals surface area contributed by atoms with Gasteiger partial charge in [-0.25, -0.2) is 4.98 Å². The van der Waals surface area contributed by atoms with Crippen LogP contribution in [0, 0.1) is 41.5 Å². The molecule has 0 radical (unpaired) electrons. The number of fused-ring (bicyclic) bond motifs is 9. The van der Waals surface area contributed by atoms with Gasteiger partial charge in [0.1, 0.15) is 0 Å². The van der Waals surface area contributed by atoms with E-state index in [0.717, 1.165) is 72.3 Å². The van der Waals surface area contributed by atoms with Crippen molar-refractivity contribution in [1.82, 2.24) is 19.9 Å². The van der Waals surface area contributed by atoms with E-state index in [-0.39, 0.29) is 0 Å². The summed E-state index contributed by atoms with van der Waals surface area (Å²) in [6.45, 7) is 13.6. The summed E-state index contributed by atoms with van der Waals surface area (Å²) in [7, 11) is 0. The van der Waals surface area contributed by atoms with E-state index in [0.29, 0.717) is 6.54 Å². The van der Waals surface area contributed by atoms with Crippen molar-refractivity contribution < 1.29 is 0 Å². The van der Waals surface area contributed by atoms with Crippen LogP contribution < -0.4 is 5.73 Å². The second-order valence-electron chi connectivity index (χ2n) is 13.6. The maximum atomic E-state index is 6.01. The highest BCUT2D eigenvalue weighted by atomic mass is 14.8. The lowest BCUT2D eigenvalue weighted by Crippen LogP contribution is -1.95. The summed E-state index contributed by atoms with van der Waals surface area (Å²) < 4.78 is 0. The smallest absolute Gasteiger partial charge is 0.0872 e. The van der Waals surface area contributed by atoms with Gasteiger partial charge in [0.05, 0.1) is 16.9 Å². The largest absolute Gasteiger partial charge is 0.354 e. The molecule has 3 aromatic carbocycles. The van der Waals surface area contributed by atoms with Crippen LogP contribution >= 0.6 is 0 Å². The predicted molar refractivity (Wildman–Crippen MR) is 208 cm³/mol. The highest BCUT2D eigenvalue weighted by Gasteiger charge is 2.18. The average Bonchev–Trinajstić information content (AvgIpc) is 3.89. The fourth-order valence-electron chi connectivity index (χ4n) is 7.94. The van der Waals surface area contributed by atoms with Crippen molar-refractivity contribution in [3.8, 4) is 33.4 Å². The average molecular weight is 640 g/mol. The molecule has 8 rings (SSSR count). The van der Waals surface area contributed by atoms with E-state index in [4.69, 9.17) is 10.7 Å². The van der Waals surface area contributed by atoms with Crippen molar-refractivity contribution in [2.45, 2.75) is 48.1 Å². The quantitative estimate of drug-likeness (QED) is 0.154. The first-order valence-electron chi connectivity index (χ1n) is 17.0. The van der Waals surface area contributed by atoms with Crippen molar-refractivity contribution >= 4 is 45.3 Å². The van der Waals surface area contributed by atoms with Gasteiger partial charge >= 0.3 is 0 Å². The van der Waals surface area contributed by atoms with Gasteiger partial charge in [-0.15, -0.1) is 0 Å². The maximum absolute atomic E-state index is 6.01. The van der Waals surface area contributed by atoms with Gasteiger partial charge in [0, 0.05) is 50.8 Å². The standard InChI is InChI=1S/C44H41N5/c1-24-19-26(3)40(27(4)20-24)43-36-13-11-32(46-36)33-12-14-37(47-33)44(41-28(5)21-25(2)22-29(41)6)39-18-16-35(49-39)42(34-15-17-38(43)48-34)31-9-7-30(23-45)8-10-31/h7-22,46,48-49H,23,45H2,1-6H3. The Morgan fingerprint density at radius 2 is 0.857 bits per heavy atom. The number of aromatic nitrogens is 4. The molecule has 8 bridgehead atoms. The van der Waals surface area contributed by atoms with Crippen molar-refractivity contribution in [1.29, 1.82) is 0 Å². The number of aromatic amines is 3. The van der Waals surface area contributed by atoms with Crippen LogP contribution in [0.5, 0.6) is 0 Å². The highest BCUT2D eigenvalue weighted by Crippen LogP contribution is 2.39. The lowest BCUT2D eigenvalue weighted by atomic mass is 9.92. The maximum Gasteiger partial charge on any atom is 0.0872 e. The van der Waals surface area contributed by atoms with Crippen LogP contribution in [0.15, 0.2) is 84.9 Å². The third-order valence-electron chi connectivity index (χ3n) is 9.91. The molecule has 7 aromatic rings. The Balaban J connectivity index is 1.57. The molecule has 49 heavy (non-hydrogen) atoms. The third-order valence-corrected chi connectivity index (χ3v) is 9.91. The Morgan fingerprint density at radius 3 is 1.37 bits per heavy atom. The van der Waals surface area contributed by atoms with Crippen LogP contribution in [0.3, 0.4) is 0 Å². The fraction of sp³-hybridized carbons (Fsp3) is 0.159. The molecule has 0 aliphatic carbocycles. The molecule has 0 saturated heterocycles. The van der Waals surface area contributed by atoms with E-state index in [1.54, 1.807) is 0 Å². The van der Waals surface area contributed by atoms with Crippen molar-refractivity contribution in [3.63, 3.8) is 0 Å². The molecule has 242 valence electrons. The molecule has 0 unspecified atom stereocenters. The summed E-state index contributed by atoms with van der Waals surface area (Å²) in [5.74, 6) is 0. The van der Waals surface area contributed by atoms with Crippen LogP contribution in [0.2, 0.25) is 0 Å². The molecule has 4 aromatic heterocycles. The van der Waals surface area contributed by atoms with E-state index < -0.39 is 0 Å². The molecule has 0 saturated carbocycles. The zero-order valence-electron chi connectivity index (χ0n) is 29.0. The van der Waals surface area contributed by atoms with E-state index in [9.17, 15) is 0 Å². The van der Waals surface area contributed by atoms with E-state index in [2.05, 4.69) is 154 Å². The molecular formula is C44H41N5. The summed E-state index contributed by atoms with van der Waals surface area (Å²) in [4.78, 5) is 16.8. The lowest BCUT2D eigenvalue weighted by Gasteiger charge is -2.13. The van der Waals surface area contributed by atoms with Gasteiger partial charge in [0.25, 0.3) is 0 Å². The minimum absolute atomic E-state index is 0.503. The molecular weight excluding hydrogens is 599 g/mol. The Hall–Kier alpha value is -5.65. The molecule has 5 nitrogen and oxygen atoms in total. The number of nitrogens with one attached hydrogen (secondary N) is 3. The molecule has 0 spiro atoms. The zero-order chi connectivity index (χ0) is 34.0. The van der Waals surface area contributed by atoms with Crippen molar-refractivity contribution in [2.75, 3.05) is 0 Å². The Morgan fingerprint density at radius 1 is 0.449 bits per heavy atom. The predicted octanol–water partition coefficient (Wildman–Crippen LogP) is 11.0. The van der Waals surface area contributed by atoms with Gasteiger partial charge in [0.2, 0.25) is 0 Å². The molecule has 5 heteroatoms. The zero-order valence-corrected chi connectivity index (χ0v) is 29.0. The molecule has 5 heterocycles. The molecule has 5 N–H and O–H groups in total. The van der Waals surface area contributed by atoms with Crippen LogP contribution in [-0.2, 0) is 6.54 Å². The van der Waals surface area contributed by atoms with Crippen LogP contribution in [0.4, 0.5) is 0 Å². The van der Waals surface area contributed by atoms with Gasteiger partial charge in [-0.1, -0.05) is 59.7 Å². The van der Waals surface area contributed by atoms with Crippen molar-refractivity contribution in [2.24, 2.45) is 5.73 Å². The minimum Gasteiger partial charge on any atom is -0.354 e. The number of benzene rings is 3. The number of hydrogen-bond donors (Lipinski definition) is 4. The molecule has 1 aliphatic rings. The van der Waals surface area contributed by atoms with Crippen LogP contribution in [0.1, 0.15) is 50.3 Å². The van der Waals surface area contributed by atoms with Gasteiger partial charge in [0.15, 0.2) is 0 Å². The Kier molecular flexibility index (Phi) is 7.38. The topological polar surface area (TPSA) is 86.3 Å². The van der Waals surface area contributed by atoms with Gasteiger partial charge in [-0.05, 0) is 135 Å². The molecule has 0 amide bonds. The Labute approximate surface area is 286 Å². The first-order valence-corrected chi connectivity index (χ1v) is 17.0. The summed E-state index contributed by atoms with van der Waals surface area (Å²) >= 11 is 0. The van der Waals surface area contributed by atoms with E-state index >= 15 is 0 Å². The Bertz CT molecular complexity index is 2540. The first-order chi connectivity index (χ1) is 23.7. The van der Waals surface area contributed by atoms with E-state index in [1.807, 2.05) is 0 Å². The molecule has 0 fully saturated rings. The van der Waals surface area contributed by atoms with Crippen molar-refractivity contribution in [3.05, 3.63) is 135 Å². The summed E-state index contributed by atoms with van der Waals surface area (Å²) in [6, 6.07) is 30.8. The van der Waals surface area contributed by atoms with Crippen LogP contribution in [-0.4, -0.2) is 19.9 Å². The normalized spacial score (nSPS) is 12.0.